The minimum Gasteiger partial charge on any atom is -0.458 e. The molecule has 160 valence electrons. The van der Waals surface area contributed by atoms with Crippen LogP contribution in [0.4, 0.5) is 4.79 Å². The van der Waals surface area contributed by atoms with E-state index in [9.17, 15) is 9.59 Å². The number of aromatic nitrogens is 4. The molecule has 0 radical (unpaired) electrons. The average Bonchev–Trinajstić information content (AvgIpc) is 3.37. The normalized spacial score (nSPS) is 13.6. The second-order valence-corrected chi connectivity index (χ2v) is 9.49. The molecule has 1 aliphatic carbocycles. The molecular weight excluding hydrogens is 432 g/mol. The first-order valence-electron chi connectivity index (χ1n) is 10.4. The van der Waals surface area contributed by atoms with Crippen molar-refractivity contribution >= 4 is 44.4 Å². The molecule has 1 aliphatic rings. The Labute approximate surface area is 187 Å². The molecule has 0 aliphatic heterocycles. The molecule has 7 nitrogen and oxygen atoms in total. The number of thioether (sulfide) groups is 1. The molecule has 0 saturated carbocycles. The van der Waals surface area contributed by atoms with Gasteiger partial charge in [-0.2, -0.15) is 0 Å². The summed E-state index contributed by atoms with van der Waals surface area (Å²) in [7, 11) is 0. The second-order valence-electron chi connectivity index (χ2n) is 7.49. The number of thiophene rings is 1. The van der Waals surface area contributed by atoms with Crippen LogP contribution in [-0.4, -0.2) is 31.1 Å². The zero-order valence-electron chi connectivity index (χ0n) is 17.2. The molecule has 0 amide bonds. The van der Waals surface area contributed by atoms with E-state index in [1.54, 1.807) is 22.8 Å². The first kappa shape index (κ1) is 20.3. The van der Waals surface area contributed by atoms with Crippen LogP contribution in [0.2, 0.25) is 0 Å². The van der Waals surface area contributed by atoms with Crippen molar-refractivity contribution in [2.24, 2.45) is 0 Å². The average molecular weight is 455 g/mol. The van der Waals surface area contributed by atoms with Crippen molar-refractivity contribution < 1.29 is 9.53 Å². The molecule has 4 aromatic rings. The number of carbonyl (C=O) groups excluding carboxylic acids is 1. The summed E-state index contributed by atoms with van der Waals surface area (Å²) in [5.74, 6) is 1.50. The summed E-state index contributed by atoms with van der Waals surface area (Å²) in [6.45, 7) is 2.55. The number of hydrogen-bond donors (Lipinski definition) is 0. The van der Waals surface area contributed by atoms with Gasteiger partial charge in [-0.05, 0) is 55.5 Å². The van der Waals surface area contributed by atoms with Gasteiger partial charge in [-0.25, -0.2) is 4.79 Å². The van der Waals surface area contributed by atoms with Gasteiger partial charge in [0.2, 0.25) is 5.78 Å². The third-order valence-corrected chi connectivity index (χ3v) is 7.57. The predicted octanol–water partition coefficient (Wildman–Crippen LogP) is 4.42. The zero-order chi connectivity index (χ0) is 21.4. The maximum absolute atomic E-state index is 13.6. The Hall–Kier alpha value is -2.65. The van der Waals surface area contributed by atoms with Crippen molar-refractivity contribution in [2.45, 2.75) is 44.9 Å². The van der Waals surface area contributed by atoms with Gasteiger partial charge in [0, 0.05) is 4.88 Å². The molecule has 0 N–H and O–H groups in total. The molecule has 9 heteroatoms. The lowest BCUT2D eigenvalue weighted by molar-refractivity contribution is 0.181. The number of carbonyl (C=O) groups is 1. The van der Waals surface area contributed by atoms with E-state index < -0.39 is 0 Å². The molecule has 3 aromatic heterocycles. The summed E-state index contributed by atoms with van der Waals surface area (Å²) in [6.07, 6.45) is 4.18. The fourth-order valence-electron chi connectivity index (χ4n) is 4.13. The lowest BCUT2D eigenvalue weighted by Gasteiger charge is -2.12. The fourth-order valence-corrected chi connectivity index (χ4v) is 6.16. The van der Waals surface area contributed by atoms with Crippen LogP contribution in [0.25, 0.3) is 16.0 Å². The Morgan fingerprint density at radius 2 is 2.00 bits per heavy atom. The van der Waals surface area contributed by atoms with E-state index in [4.69, 9.17) is 4.74 Å². The van der Waals surface area contributed by atoms with Gasteiger partial charge in [-0.1, -0.05) is 30.3 Å². The summed E-state index contributed by atoms with van der Waals surface area (Å²) in [6, 6.07) is 9.90. The van der Waals surface area contributed by atoms with Crippen LogP contribution in [0.5, 0.6) is 0 Å². The number of benzene rings is 1. The maximum atomic E-state index is 13.6. The van der Waals surface area contributed by atoms with Crippen molar-refractivity contribution in [3.8, 4) is 0 Å². The number of fused-ring (bicyclic) bond motifs is 5. The monoisotopic (exact) mass is 454 g/mol. The molecule has 1 aromatic carbocycles. The van der Waals surface area contributed by atoms with Gasteiger partial charge < -0.3 is 4.74 Å². The first-order chi connectivity index (χ1) is 15.2. The summed E-state index contributed by atoms with van der Waals surface area (Å²) in [5, 5.41) is 9.18. The Morgan fingerprint density at radius 1 is 1.19 bits per heavy atom. The number of hydrogen-bond acceptors (Lipinski definition) is 7. The van der Waals surface area contributed by atoms with Crippen LogP contribution in [-0.2, 0) is 29.9 Å². The smallest absolute Gasteiger partial charge is 0.367 e. The van der Waals surface area contributed by atoms with Gasteiger partial charge >= 0.3 is 5.30 Å². The quantitative estimate of drug-likeness (QED) is 0.415. The zero-order valence-corrected chi connectivity index (χ0v) is 18.8. The van der Waals surface area contributed by atoms with Crippen molar-refractivity contribution in [2.75, 3.05) is 6.61 Å². The lowest BCUT2D eigenvalue weighted by Crippen LogP contribution is -2.24. The minimum absolute atomic E-state index is 0.0113. The maximum Gasteiger partial charge on any atom is 0.367 e. The van der Waals surface area contributed by atoms with Crippen LogP contribution in [0, 0.1) is 0 Å². The highest BCUT2D eigenvalue weighted by Gasteiger charge is 2.25. The predicted molar refractivity (Wildman–Crippen MR) is 123 cm³/mol. The Kier molecular flexibility index (Phi) is 5.54. The molecule has 3 heterocycles. The molecule has 31 heavy (non-hydrogen) atoms. The molecule has 0 atom stereocenters. The Morgan fingerprint density at radius 3 is 2.81 bits per heavy atom. The highest BCUT2D eigenvalue weighted by Crippen LogP contribution is 2.35. The van der Waals surface area contributed by atoms with E-state index in [0.717, 1.165) is 53.2 Å². The summed E-state index contributed by atoms with van der Waals surface area (Å²) in [4.78, 5) is 27.7. The highest BCUT2D eigenvalue weighted by atomic mass is 32.2. The molecule has 0 saturated heterocycles. The third-order valence-electron chi connectivity index (χ3n) is 5.53. The van der Waals surface area contributed by atoms with E-state index in [1.165, 1.54) is 10.4 Å². The van der Waals surface area contributed by atoms with Gasteiger partial charge in [0.15, 0.2) is 0 Å². The largest absolute Gasteiger partial charge is 0.458 e. The van der Waals surface area contributed by atoms with Crippen molar-refractivity contribution in [3.63, 3.8) is 0 Å². The number of aryl methyl sites for hydroxylation is 2. The Bertz CT molecular complexity index is 1320. The van der Waals surface area contributed by atoms with Gasteiger partial charge in [0.05, 0.1) is 24.3 Å². The van der Waals surface area contributed by atoms with E-state index in [2.05, 4.69) is 10.2 Å². The SMILES string of the molecule is CCOC(=O)SCc1nnc2n(Cc3ccccc3)c(=O)c3c4c(sc3n12)CCCC4. The number of rotatable bonds is 5. The van der Waals surface area contributed by atoms with Crippen molar-refractivity contribution in [3.05, 3.63) is 62.5 Å². The standard InChI is InChI=1S/C22H22N4O3S2/c1-2-29-22(28)30-13-17-23-24-21-25(12-14-8-4-3-5-9-14)19(27)18-15-10-6-7-11-16(15)31-20(18)26(17)21/h3-5,8-9H,2,6-7,10-13H2,1H3. The van der Waals surface area contributed by atoms with E-state index in [0.29, 0.717) is 30.5 Å². The van der Waals surface area contributed by atoms with Gasteiger partial charge in [0.1, 0.15) is 10.7 Å². The van der Waals surface area contributed by atoms with E-state index >= 15 is 0 Å². The third kappa shape index (κ3) is 3.65. The molecule has 0 unspecified atom stereocenters. The van der Waals surface area contributed by atoms with Crippen molar-refractivity contribution in [1.29, 1.82) is 0 Å². The first-order valence-corrected chi connectivity index (χ1v) is 12.2. The fraction of sp³-hybridized carbons (Fsp3) is 0.364. The molecule has 0 fully saturated rings. The van der Waals surface area contributed by atoms with E-state index in [-0.39, 0.29) is 10.9 Å². The van der Waals surface area contributed by atoms with Crippen LogP contribution < -0.4 is 5.56 Å². The number of ether oxygens (including phenoxy) is 1. The topological polar surface area (TPSA) is 78.5 Å². The van der Waals surface area contributed by atoms with Gasteiger partial charge in [-0.3, -0.25) is 13.8 Å². The molecular formula is C22H22N4O3S2. The van der Waals surface area contributed by atoms with Crippen LogP contribution >= 0.6 is 23.1 Å². The minimum atomic E-state index is -0.335. The molecule has 5 rings (SSSR count). The lowest BCUT2D eigenvalue weighted by atomic mass is 9.97. The van der Waals surface area contributed by atoms with Gasteiger partial charge in [0.25, 0.3) is 5.56 Å². The van der Waals surface area contributed by atoms with E-state index in [1.807, 2.05) is 34.7 Å². The number of nitrogens with zero attached hydrogens (tertiary/aromatic N) is 4. The molecule has 0 spiro atoms. The summed E-state index contributed by atoms with van der Waals surface area (Å²) in [5.41, 5.74) is 2.20. The second kappa shape index (κ2) is 8.47. The summed E-state index contributed by atoms with van der Waals surface area (Å²) < 4.78 is 8.72. The van der Waals surface area contributed by atoms with Crippen LogP contribution in [0.3, 0.4) is 0 Å². The molecule has 0 bridgehead atoms. The Balaban J connectivity index is 1.71. The van der Waals surface area contributed by atoms with Crippen LogP contribution in [0.1, 0.15) is 41.6 Å². The van der Waals surface area contributed by atoms with Crippen molar-refractivity contribution in [1.82, 2.24) is 19.2 Å². The summed E-state index contributed by atoms with van der Waals surface area (Å²) >= 11 is 2.73. The van der Waals surface area contributed by atoms with Crippen LogP contribution in [0.15, 0.2) is 35.1 Å². The highest BCUT2D eigenvalue weighted by molar-refractivity contribution is 8.12. The van der Waals surface area contributed by atoms with Gasteiger partial charge in [-0.15, -0.1) is 21.5 Å².